The largest absolute Gasteiger partial charge is 0.481 e. The van der Waals surface area contributed by atoms with E-state index >= 15 is 0 Å². The highest BCUT2D eigenvalue weighted by atomic mass is 16.4. The van der Waals surface area contributed by atoms with Crippen molar-refractivity contribution in [3.8, 4) is 0 Å². The minimum absolute atomic E-state index is 0.00533. The molecule has 0 aromatic heterocycles. The standard InChI is InChI=1S/C20H22N2O3/c1-15-18(14-19(23)24)22(17-10-6-3-7-11-17)13-12-21(15)20(25)16-8-4-2-5-9-16/h2-11,15,18H,12-14H2,1H3,(H,23,24)/t15-,18+/m0/s1. The lowest BCUT2D eigenvalue weighted by Crippen LogP contribution is -2.60. The van der Waals surface area contributed by atoms with E-state index in [0.29, 0.717) is 18.7 Å². The van der Waals surface area contributed by atoms with Gasteiger partial charge in [-0.2, -0.15) is 0 Å². The van der Waals surface area contributed by atoms with Crippen LogP contribution in [0.25, 0.3) is 0 Å². The predicted molar refractivity (Wildman–Crippen MR) is 96.8 cm³/mol. The summed E-state index contributed by atoms with van der Waals surface area (Å²) in [5.74, 6) is -0.900. The van der Waals surface area contributed by atoms with E-state index in [2.05, 4.69) is 4.90 Å². The number of anilines is 1. The fourth-order valence-electron chi connectivity index (χ4n) is 3.49. The van der Waals surface area contributed by atoms with E-state index in [0.717, 1.165) is 5.69 Å². The third kappa shape index (κ3) is 3.65. The summed E-state index contributed by atoms with van der Waals surface area (Å²) in [5, 5.41) is 9.36. The summed E-state index contributed by atoms with van der Waals surface area (Å²) in [6, 6.07) is 18.5. The number of aliphatic carboxylic acids is 1. The molecular formula is C20H22N2O3. The van der Waals surface area contributed by atoms with Crippen LogP contribution in [0.15, 0.2) is 60.7 Å². The monoisotopic (exact) mass is 338 g/mol. The topological polar surface area (TPSA) is 60.9 Å². The molecule has 2 aromatic carbocycles. The zero-order valence-electron chi connectivity index (χ0n) is 14.2. The molecule has 130 valence electrons. The number of hydrogen-bond donors (Lipinski definition) is 1. The van der Waals surface area contributed by atoms with E-state index in [-0.39, 0.29) is 24.4 Å². The zero-order chi connectivity index (χ0) is 17.8. The van der Waals surface area contributed by atoms with Crippen LogP contribution in [-0.4, -0.2) is 47.1 Å². The molecular weight excluding hydrogens is 316 g/mol. The Balaban J connectivity index is 1.86. The molecule has 0 saturated carbocycles. The number of amides is 1. The fraction of sp³-hybridized carbons (Fsp3) is 0.300. The van der Waals surface area contributed by atoms with E-state index in [9.17, 15) is 14.7 Å². The van der Waals surface area contributed by atoms with Crippen molar-refractivity contribution < 1.29 is 14.7 Å². The Morgan fingerprint density at radius 1 is 1.00 bits per heavy atom. The van der Waals surface area contributed by atoms with Crippen molar-refractivity contribution in [1.29, 1.82) is 0 Å². The normalized spacial score (nSPS) is 20.4. The SMILES string of the molecule is C[C@H]1[C@@H](CC(=O)O)N(c2ccccc2)CCN1C(=O)c1ccccc1. The molecule has 5 nitrogen and oxygen atoms in total. The van der Waals surface area contributed by atoms with Crippen LogP contribution in [0.1, 0.15) is 23.7 Å². The highest BCUT2D eigenvalue weighted by molar-refractivity contribution is 5.94. The Hall–Kier alpha value is -2.82. The van der Waals surface area contributed by atoms with Gasteiger partial charge < -0.3 is 14.9 Å². The molecule has 1 fully saturated rings. The molecule has 0 bridgehead atoms. The Morgan fingerprint density at radius 3 is 2.20 bits per heavy atom. The van der Waals surface area contributed by atoms with Gasteiger partial charge in [-0.1, -0.05) is 36.4 Å². The van der Waals surface area contributed by atoms with Crippen molar-refractivity contribution in [2.24, 2.45) is 0 Å². The molecule has 0 unspecified atom stereocenters. The second kappa shape index (κ2) is 7.38. The minimum atomic E-state index is -0.855. The molecule has 0 spiro atoms. The third-order valence-corrected chi connectivity index (χ3v) is 4.78. The summed E-state index contributed by atoms with van der Waals surface area (Å²) in [4.78, 5) is 28.1. The lowest BCUT2D eigenvalue weighted by atomic mass is 9.97. The van der Waals surface area contributed by atoms with E-state index in [4.69, 9.17) is 0 Å². The molecule has 1 N–H and O–H groups in total. The van der Waals surface area contributed by atoms with Crippen molar-refractivity contribution in [2.75, 3.05) is 18.0 Å². The van der Waals surface area contributed by atoms with Gasteiger partial charge in [0, 0.05) is 24.3 Å². The number of hydrogen-bond acceptors (Lipinski definition) is 3. The molecule has 1 saturated heterocycles. The average Bonchev–Trinajstić information content (AvgIpc) is 2.64. The van der Waals surface area contributed by atoms with Gasteiger partial charge in [-0.05, 0) is 31.2 Å². The number of carbonyl (C=O) groups is 2. The molecule has 25 heavy (non-hydrogen) atoms. The van der Waals surface area contributed by atoms with E-state index in [1.54, 1.807) is 17.0 Å². The maximum absolute atomic E-state index is 12.8. The van der Waals surface area contributed by atoms with Gasteiger partial charge in [0.25, 0.3) is 5.91 Å². The van der Waals surface area contributed by atoms with Crippen LogP contribution in [-0.2, 0) is 4.79 Å². The van der Waals surface area contributed by atoms with Gasteiger partial charge in [0.2, 0.25) is 0 Å². The Kier molecular flexibility index (Phi) is 5.03. The van der Waals surface area contributed by atoms with Crippen LogP contribution in [0.5, 0.6) is 0 Å². The van der Waals surface area contributed by atoms with E-state index < -0.39 is 5.97 Å². The first-order valence-corrected chi connectivity index (χ1v) is 8.47. The first-order valence-electron chi connectivity index (χ1n) is 8.47. The molecule has 1 aliphatic rings. The molecule has 5 heteroatoms. The molecule has 1 aliphatic heterocycles. The number of piperazine rings is 1. The number of para-hydroxylation sites is 1. The summed E-state index contributed by atoms with van der Waals surface area (Å²) in [5.41, 5.74) is 1.63. The van der Waals surface area contributed by atoms with Gasteiger partial charge in [-0.3, -0.25) is 9.59 Å². The molecule has 2 aromatic rings. The first-order chi connectivity index (χ1) is 12.1. The third-order valence-electron chi connectivity index (χ3n) is 4.78. The van der Waals surface area contributed by atoms with Crippen LogP contribution in [0.2, 0.25) is 0 Å². The van der Waals surface area contributed by atoms with Crippen molar-refractivity contribution in [2.45, 2.75) is 25.4 Å². The van der Waals surface area contributed by atoms with Crippen LogP contribution >= 0.6 is 0 Å². The lowest BCUT2D eigenvalue weighted by molar-refractivity contribution is -0.137. The summed E-state index contributed by atoms with van der Waals surface area (Å²) < 4.78 is 0. The van der Waals surface area contributed by atoms with Crippen molar-refractivity contribution in [1.82, 2.24) is 4.90 Å². The highest BCUT2D eigenvalue weighted by Gasteiger charge is 2.37. The number of carboxylic acids is 1. The molecule has 0 radical (unpaired) electrons. The van der Waals surface area contributed by atoms with E-state index in [1.807, 2.05) is 55.5 Å². The van der Waals surface area contributed by atoms with Gasteiger partial charge in [0.15, 0.2) is 0 Å². The molecule has 2 atom stereocenters. The van der Waals surface area contributed by atoms with Crippen LogP contribution < -0.4 is 4.90 Å². The van der Waals surface area contributed by atoms with Crippen LogP contribution in [0.3, 0.4) is 0 Å². The fourth-order valence-corrected chi connectivity index (χ4v) is 3.49. The maximum Gasteiger partial charge on any atom is 0.305 e. The number of carbonyl (C=O) groups excluding carboxylic acids is 1. The van der Waals surface area contributed by atoms with Gasteiger partial charge in [0.1, 0.15) is 0 Å². The average molecular weight is 338 g/mol. The Bertz CT molecular complexity index is 733. The van der Waals surface area contributed by atoms with Gasteiger partial charge in [0.05, 0.1) is 18.5 Å². The van der Waals surface area contributed by atoms with E-state index in [1.165, 1.54) is 0 Å². The summed E-state index contributed by atoms with van der Waals surface area (Å²) in [7, 11) is 0. The second-order valence-electron chi connectivity index (χ2n) is 6.30. The first kappa shape index (κ1) is 17.0. The number of nitrogens with zero attached hydrogens (tertiary/aromatic N) is 2. The summed E-state index contributed by atoms with van der Waals surface area (Å²) in [6.45, 7) is 3.12. The lowest BCUT2D eigenvalue weighted by Gasteiger charge is -2.47. The molecule has 1 heterocycles. The van der Waals surface area contributed by atoms with Gasteiger partial charge in [-0.15, -0.1) is 0 Å². The Labute approximate surface area is 147 Å². The minimum Gasteiger partial charge on any atom is -0.481 e. The highest BCUT2D eigenvalue weighted by Crippen LogP contribution is 2.27. The van der Waals surface area contributed by atoms with Crippen LogP contribution in [0, 0.1) is 0 Å². The number of rotatable bonds is 4. The van der Waals surface area contributed by atoms with Gasteiger partial charge >= 0.3 is 5.97 Å². The summed E-state index contributed by atoms with van der Waals surface area (Å²) in [6.07, 6.45) is -0.00533. The Morgan fingerprint density at radius 2 is 1.60 bits per heavy atom. The molecule has 1 amide bonds. The molecule has 0 aliphatic carbocycles. The van der Waals surface area contributed by atoms with Crippen molar-refractivity contribution >= 4 is 17.6 Å². The van der Waals surface area contributed by atoms with Crippen LogP contribution in [0.4, 0.5) is 5.69 Å². The van der Waals surface area contributed by atoms with Crippen molar-refractivity contribution in [3.05, 3.63) is 66.2 Å². The second-order valence-corrected chi connectivity index (χ2v) is 6.30. The maximum atomic E-state index is 12.8. The van der Waals surface area contributed by atoms with Gasteiger partial charge in [-0.25, -0.2) is 0 Å². The number of benzene rings is 2. The predicted octanol–water partition coefficient (Wildman–Crippen LogP) is 2.88. The summed E-state index contributed by atoms with van der Waals surface area (Å²) >= 11 is 0. The van der Waals surface area contributed by atoms with Crippen molar-refractivity contribution in [3.63, 3.8) is 0 Å². The molecule has 3 rings (SSSR count). The zero-order valence-corrected chi connectivity index (χ0v) is 14.2. The smallest absolute Gasteiger partial charge is 0.305 e. The number of carboxylic acid groups (broad SMARTS) is 1. The quantitative estimate of drug-likeness (QED) is 0.931.